The fourth-order valence-electron chi connectivity index (χ4n) is 2.09. The minimum absolute atomic E-state index is 0.00454. The highest BCUT2D eigenvalue weighted by molar-refractivity contribution is 7.85. The Labute approximate surface area is 174 Å². The van der Waals surface area contributed by atoms with Gasteiger partial charge in [0.25, 0.3) is 21.9 Å². The van der Waals surface area contributed by atoms with Crippen LogP contribution in [0, 0.1) is 0 Å². The van der Waals surface area contributed by atoms with Gasteiger partial charge in [-0.15, -0.1) is 11.3 Å². The van der Waals surface area contributed by atoms with Crippen LogP contribution in [0.15, 0.2) is 10.5 Å². The van der Waals surface area contributed by atoms with E-state index < -0.39 is 57.2 Å². The van der Waals surface area contributed by atoms with Crippen molar-refractivity contribution in [1.29, 1.82) is 0 Å². The highest BCUT2D eigenvalue weighted by Gasteiger charge is 2.47. The summed E-state index contributed by atoms with van der Waals surface area (Å²) >= 11 is 0.997. The van der Waals surface area contributed by atoms with Crippen LogP contribution >= 0.6 is 11.3 Å². The number of rotatable bonds is 9. The lowest BCUT2D eigenvalue weighted by molar-refractivity contribution is -0.224. The number of thiazole rings is 1. The molecule has 1 aliphatic rings. The minimum atomic E-state index is -4.46. The van der Waals surface area contributed by atoms with E-state index in [1.807, 2.05) is 0 Å². The Morgan fingerprint density at radius 1 is 1.47 bits per heavy atom. The number of nitrogens with two attached hydrogens (primary N) is 1. The molecule has 0 unspecified atom stereocenters. The van der Waals surface area contributed by atoms with Crippen LogP contribution in [0.25, 0.3) is 0 Å². The summed E-state index contributed by atoms with van der Waals surface area (Å²) in [5, 5.41) is 17.2. The molecule has 5 N–H and O–H groups in total. The lowest BCUT2D eigenvalue weighted by Crippen LogP contribution is -2.70. The van der Waals surface area contributed by atoms with Crippen molar-refractivity contribution >= 4 is 50.1 Å². The van der Waals surface area contributed by atoms with Gasteiger partial charge in [0, 0.05) is 5.38 Å². The van der Waals surface area contributed by atoms with E-state index in [9.17, 15) is 22.8 Å². The van der Waals surface area contributed by atoms with Crippen LogP contribution < -0.4 is 11.1 Å². The minimum Gasteiger partial charge on any atom is -0.478 e. The summed E-state index contributed by atoms with van der Waals surface area (Å²) in [5.74, 6) is -4.16. The Morgan fingerprint density at radius 2 is 2.10 bits per heavy atom. The third-order valence-corrected chi connectivity index (χ3v) is 4.90. The number of hydroxylamine groups is 2. The molecule has 0 saturated carbocycles. The zero-order valence-corrected chi connectivity index (χ0v) is 17.6. The largest absolute Gasteiger partial charge is 0.478 e. The predicted molar refractivity (Wildman–Crippen MR) is 102 cm³/mol. The maximum Gasteiger partial charge on any atom is 0.350 e. The molecule has 166 valence electrons. The summed E-state index contributed by atoms with van der Waals surface area (Å²) in [5.41, 5.74) is 3.37. The number of nitrogens with one attached hydrogen (secondary N) is 1. The number of hydrogen-bond donors (Lipinski definition) is 4. The number of aromatic nitrogens is 1. The summed E-state index contributed by atoms with van der Waals surface area (Å²) < 4.78 is 30.2. The molecule has 1 fully saturated rings. The van der Waals surface area contributed by atoms with Gasteiger partial charge < -0.3 is 21.0 Å². The average Bonchev–Trinajstić information content (AvgIpc) is 3.04. The first-order valence-electron chi connectivity index (χ1n) is 8.16. The van der Waals surface area contributed by atoms with Gasteiger partial charge in [0.15, 0.2) is 10.8 Å². The summed E-state index contributed by atoms with van der Waals surface area (Å²) in [7, 11) is -4.46. The zero-order valence-electron chi connectivity index (χ0n) is 15.9. The molecule has 16 heteroatoms. The molecule has 30 heavy (non-hydrogen) atoms. The van der Waals surface area contributed by atoms with E-state index in [1.165, 1.54) is 26.2 Å². The molecule has 0 bridgehead atoms. The van der Waals surface area contributed by atoms with Crippen molar-refractivity contribution in [3.63, 3.8) is 0 Å². The van der Waals surface area contributed by atoms with Crippen LogP contribution in [0.1, 0.15) is 26.5 Å². The first kappa shape index (κ1) is 23.5. The molecule has 1 aliphatic heterocycles. The molecule has 2 rings (SSSR count). The van der Waals surface area contributed by atoms with E-state index in [0.29, 0.717) is 5.06 Å². The monoisotopic (exact) mass is 465 g/mol. The van der Waals surface area contributed by atoms with Gasteiger partial charge in [-0.25, -0.2) is 14.8 Å². The maximum atomic E-state index is 12.7. The fraction of sp³-hybridized carbons (Fsp3) is 0.500. The Kier molecular flexibility index (Phi) is 6.65. The normalized spacial score (nSPS) is 19.9. The number of carboxylic acids is 1. The molecule has 0 aromatic carbocycles. The van der Waals surface area contributed by atoms with Crippen LogP contribution in [-0.4, -0.2) is 75.2 Å². The summed E-state index contributed by atoms with van der Waals surface area (Å²) in [6.45, 7) is 3.88. The lowest BCUT2D eigenvalue weighted by Gasteiger charge is -2.43. The Bertz CT molecular complexity index is 988. The standard InChI is InChI=1S/C14H19N5O9S2/c1-6-8(11(21)19(6)27-5-30(24,25)26)17-10(20)9(7-4-29-13(15)16-7)18-28-14(2,3)12(22)23/h4,6,8H,5H2,1-3H3,(H2,15,16)(H,17,20)(H,22,23)(H,24,25,26)/b18-9-/t6-,8-/m1/s1. The first-order valence-corrected chi connectivity index (χ1v) is 10.6. The first-order chi connectivity index (χ1) is 13.7. The summed E-state index contributed by atoms with van der Waals surface area (Å²) in [6, 6.07) is -1.88. The number of anilines is 1. The van der Waals surface area contributed by atoms with Gasteiger partial charge in [0.2, 0.25) is 11.5 Å². The Hall–Kier alpha value is -2.82. The Balaban J connectivity index is 2.16. The number of carboxylic acid groups (broad SMARTS) is 1. The van der Waals surface area contributed by atoms with E-state index in [4.69, 9.17) is 25.1 Å². The van der Waals surface area contributed by atoms with Crippen molar-refractivity contribution in [3.8, 4) is 0 Å². The van der Waals surface area contributed by atoms with Gasteiger partial charge in [-0.2, -0.15) is 8.42 Å². The van der Waals surface area contributed by atoms with Gasteiger partial charge in [-0.3, -0.25) is 19.0 Å². The van der Waals surface area contributed by atoms with E-state index in [2.05, 4.69) is 15.5 Å². The van der Waals surface area contributed by atoms with E-state index in [1.54, 1.807) is 0 Å². The number of hydrogen-bond acceptors (Lipinski definition) is 11. The molecule has 1 saturated heterocycles. The number of carbonyl (C=O) groups excluding carboxylic acids is 2. The SMILES string of the molecule is C[C@@H]1[C@@H](NC(=O)/C(=N\OC(C)(C)C(=O)O)c2csc(N)n2)C(=O)N1OCS(=O)(=O)O. The second kappa shape index (κ2) is 8.50. The van der Waals surface area contributed by atoms with E-state index in [-0.39, 0.29) is 10.8 Å². The fourth-order valence-corrected chi connectivity index (χ4v) is 2.89. The molecule has 2 heterocycles. The van der Waals surface area contributed by atoms with Gasteiger partial charge in [-0.1, -0.05) is 5.16 Å². The van der Waals surface area contributed by atoms with Crippen molar-refractivity contribution in [2.75, 3.05) is 11.7 Å². The second-order valence-corrected chi connectivity index (χ2v) is 8.89. The number of amides is 2. The van der Waals surface area contributed by atoms with Crippen molar-refractivity contribution in [1.82, 2.24) is 15.4 Å². The molecule has 1 aromatic heterocycles. The molecule has 0 radical (unpaired) electrons. The molecular formula is C14H19N5O9S2. The Morgan fingerprint density at radius 3 is 2.57 bits per heavy atom. The van der Waals surface area contributed by atoms with Crippen molar-refractivity contribution in [2.24, 2.45) is 5.16 Å². The van der Waals surface area contributed by atoms with Crippen molar-refractivity contribution in [2.45, 2.75) is 38.5 Å². The third-order valence-electron chi connectivity index (χ3n) is 3.82. The molecule has 0 aliphatic carbocycles. The van der Waals surface area contributed by atoms with Gasteiger partial charge in [0.1, 0.15) is 11.7 Å². The molecule has 2 amide bonds. The van der Waals surface area contributed by atoms with Crippen molar-refractivity contribution < 1.29 is 42.1 Å². The molecular weight excluding hydrogens is 446 g/mol. The van der Waals surface area contributed by atoms with Crippen LogP contribution in [-0.2, 0) is 34.2 Å². The number of β-lactam (4-membered cyclic amide) rings is 1. The quantitative estimate of drug-likeness (QED) is 0.147. The van der Waals surface area contributed by atoms with E-state index >= 15 is 0 Å². The highest BCUT2D eigenvalue weighted by atomic mass is 32.2. The van der Waals surface area contributed by atoms with Gasteiger partial charge >= 0.3 is 5.97 Å². The number of carbonyl (C=O) groups is 3. The lowest BCUT2D eigenvalue weighted by atomic mass is 10.00. The van der Waals surface area contributed by atoms with Crippen LogP contribution in [0.4, 0.5) is 5.13 Å². The third kappa shape index (κ3) is 5.41. The molecule has 0 spiro atoms. The summed E-state index contributed by atoms with van der Waals surface area (Å²) in [6.07, 6.45) is 0. The smallest absolute Gasteiger partial charge is 0.350 e. The summed E-state index contributed by atoms with van der Waals surface area (Å²) in [4.78, 5) is 49.5. The number of nitrogens with zero attached hydrogens (tertiary/aromatic N) is 3. The molecule has 1 aromatic rings. The maximum absolute atomic E-state index is 12.7. The predicted octanol–water partition coefficient (Wildman–Crippen LogP) is -1.20. The number of nitrogen functional groups attached to an aromatic ring is 1. The van der Waals surface area contributed by atoms with Gasteiger partial charge in [-0.05, 0) is 20.8 Å². The second-order valence-electron chi connectivity index (χ2n) is 6.60. The number of oxime groups is 1. The number of aliphatic carboxylic acids is 1. The van der Waals surface area contributed by atoms with Crippen molar-refractivity contribution in [3.05, 3.63) is 11.1 Å². The molecule has 2 atom stereocenters. The van der Waals surface area contributed by atoms with E-state index in [0.717, 1.165) is 11.3 Å². The average molecular weight is 465 g/mol. The zero-order chi connectivity index (χ0) is 22.9. The van der Waals surface area contributed by atoms with Crippen LogP contribution in [0.5, 0.6) is 0 Å². The van der Waals surface area contributed by atoms with Gasteiger partial charge in [0.05, 0.1) is 6.04 Å². The molecule has 14 nitrogen and oxygen atoms in total. The topological polar surface area (TPSA) is 211 Å². The van der Waals surface area contributed by atoms with Crippen LogP contribution in [0.3, 0.4) is 0 Å². The van der Waals surface area contributed by atoms with Crippen LogP contribution in [0.2, 0.25) is 0 Å². The highest BCUT2D eigenvalue weighted by Crippen LogP contribution is 2.21.